The van der Waals surface area contributed by atoms with Crippen LogP contribution in [0, 0.1) is 0 Å². The average Bonchev–Trinajstić information content (AvgIpc) is 2.92. The Hall–Kier alpha value is -1.10. The molecule has 2 aliphatic heterocycles. The molecule has 0 spiro atoms. The molecule has 0 aromatic heterocycles. The first kappa shape index (κ1) is 18.3. The molecule has 0 saturated carbocycles. The number of methoxy groups -OCH3 is 1. The Labute approximate surface area is 158 Å². The largest absolute Gasteiger partial charge is 0.496 e. The number of hydrogen-bond acceptors (Lipinski definition) is 4. The van der Waals surface area contributed by atoms with E-state index in [1.165, 1.54) is 74.7 Å². The number of β-amino-alcohol motifs (C(OH)–C–C–N with tert-alkyl or cyclic N) is 1. The molecule has 144 valence electrons. The Morgan fingerprint density at radius 3 is 2.42 bits per heavy atom. The first-order valence-corrected chi connectivity index (χ1v) is 10.6. The second kappa shape index (κ2) is 8.28. The molecule has 2 heterocycles. The highest BCUT2D eigenvalue weighted by Gasteiger charge is 2.32. The van der Waals surface area contributed by atoms with Crippen molar-refractivity contribution in [3.63, 3.8) is 0 Å². The third kappa shape index (κ3) is 3.92. The number of aliphatic hydroxyl groups excluding tert-OH is 1. The minimum absolute atomic E-state index is 0.234. The lowest BCUT2D eigenvalue weighted by molar-refractivity contribution is -0.0145. The molecule has 26 heavy (non-hydrogen) atoms. The summed E-state index contributed by atoms with van der Waals surface area (Å²) >= 11 is 0. The van der Waals surface area contributed by atoms with Gasteiger partial charge >= 0.3 is 0 Å². The van der Waals surface area contributed by atoms with E-state index in [2.05, 4.69) is 21.9 Å². The quantitative estimate of drug-likeness (QED) is 0.898. The van der Waals surface area contributed by atoms with Crippen molar-refractivity contribution in [2.75, 3.05) is 33.3 Å². The Balaban J connectivity index is 1.40. The Bertz CT molecular complexity index is 610. The summed E-state index contributed by atoms with van der Waals surface area (Å²) in [7, 11) is 1.78. The lowest BCUT2D eigenvalue weighted by atomic mass is 9.98. The van der Waals surface area contributed by atoms with Gasteiger partial charge < -0.3 is 9.84 Å². The summed E-state index contributed by atoms with van der Waals surface area (Å²) in [4.78, 5) is 4.98. The van der Waals surface area contributed by atoms with Crippen LogP contribution in [0.1, 0.15) is 55.2 Å². The normalized spacial score (nSPS) is 27.9. The summed E-state index contributed by atoms with van der Waals surface area (Å²) in [5.74, 6) is 1.02. The van der Waals surface area contributed by atoms with E-state index < -0.39 is 0 Å². The molecule has 0 unspecified atom stereocenters. The highest BCUT2D eigenvalue weighted by Crippen LogP contribution is 2.31. The molecule has 4 nitrogen and oxygen atoms in total. The van der Waals surface area contributed by atoms with Gasteiger partial charge in [-0.1, -0.05) is 18.9 Å². The summed E-state index contributed by atoms with van der Waals surface area (Å²) in [6, 6.07) is 4.96. The van der Waals surface area contributed by atoms with Crippen molar-refractivity contribution in [3.8, 4) is 5.75 Å². The van der Waals surface area contributed by atoms with Crippen LogP contribution in [0.2, 0.25) is 0 Å². The number of nitrogens with zero attached hydrogens (tertiary/aromatic N) is 2. The number of hydrogen-bond donors (Lipinski definition) is 1. The minimum Gasteiger partial charge on any atom is -0.496 e. The van der Waals surface area contributed by atoms with Gasteiger partial charge in [-0.2, -0.15) is 0 Å². The van der Waals surface area contributed by atoms with Crippen molar-refractivity contribution in [2.45, 2.75) is 70.1 Å². The third-order valence-corrected chi connectivity index (χ3v) is 6.63. The molecular weight excluding hydrogens is 324 g/mol. The predicted octanol–water partition coefficient (Wildman–Crippen LogP) is 3.00. The van der Waals surface area contributed by atoms with Crippen molar-refractivity contribution in [2.24, 2.45) is 0 Å². The van der Waals surface area contributed by atoms with E-state index in [1.54, 1.807) is 7.11 Å². The SMILES string of the molecule is COc1cc2c(cc1CN1CC[C@@H](N3CCCCCC3)[C@H](O)C1)CCC2. The molecule has 0 amide bonds. The van der Waals surface area contributed by atoms with Crippen LogP contribution in [0.3, 0.4) is 0 Å². The number of aliphatic hydroxyl groups is 1. The van der Waals surface area contributed by atoms with E-state index in [1.807, 2.05) is 0 Å². The van der Waals surface area contributed by atoms with E-state index in [0.717, 1.165) is 31.8 Å². The molecule has 1 N–H and O–H groups in total. The Morgan fingerprint density at radius 2 is 1.73 bits per heavy atom. The monoisotopic (exact) mass is 358 g/mol. The van der Waals surface area contributed by atoms with Gasteiger partial charge in [0.2, 0.25) is 0 Å². The molecule has 0 radical (unpaired) electrons. The van der Waals surface area contributed by atoms with Gasteiger partial charge in [-0.15, -0.1) is 0 Å². The maximum absolute atomic E-state index is 10.8. The third-order valence-electron chi connectivity index (χ3n) is 6.63. The Morgan fingerprint density at radius 1 is 1.00 bits per heavy atom. The fraction of sp³-hybridized carbons (Fsp3) is 0.727. The van der Waals surface area contributed by atoms with Crippen LogP contribution in [0.15, 0.2) is 12.1 Å². The van der Waals surface area contributed by atoms with Crippen molar-refractivity contribution in [1.82, 2.24) is 9.80 Å². The van der Waals surface area contributed by atoms with Crippen LogP contribution in [0.5, 0.6) is 5.75 Å². The topological polar surface area (TPSA) is 35.9 Å². The first-order chi connectivity index (χ1) is 12.7. The molecule has 4 rings (SSSR count). The van der Waals surface area contributed by atoms with Gasteiger partial charge in [-0.05, 0) is 68.8 Å². The minimum atomic E-state index is -0.234. The van der Waals surface area contributed by atoms with Gasteiger partial charge in [0.1, 0.15) is 5.75 Å². The van der Waals surface area contributed by atoms with Gasteiger partial charge in [0, 0.05) is 31.2 Å². The van der Waals surface area contributed by atoms with E-state index in [-0.39, 0.29) is 6.10 Å². The number of aryl methyl sites for hydroxylation is 2. The number of fused-ring (bicyclic) bond motifs is 1. The molecule has 2 saturated heterocycles. The first-order valence-electron chi connectivity index (χ1n) is 10.6. The molecule has 1 aliphatic carbocycles. The number of rotatable bonds is 4. The van der Waals surface area contributed by atoms with E-state index in [0.29, 0.717) is 6.04 Å². The predicted molar refractivity (Wildman–Crippen MR) is 105 cm³/mol. The average molecular weight is 359 g/mol. The zero-order valence-corrected chi connectivity index (χ0v) is 16.3. The fourth-order valence-electron chi connectivity index (χ4n) is 5.19. The maximum Gasteiger partial charge on any atom is 0.123 e. The van der Waals surface area contributed by atoms with Crippen LogP contribution in [0.4, 0.5) is 0 Å². The van der Waals surface area contributed by atoms with Gasteiger partial charge in [0.15, 0.2) is 0 Å². The number of benzene rings is 1. The summed E-state index contributed by atoms with van der Waals surface area (Å²) in [5.41, 5.74) is 4.25. The van der Waals surface area contributed by atoms with E-state index in [4.69, 9.17) is 4.74 Å². The summed E-state index contributed by atoms with van der Waals surface area (Å²) in [6.07, 6.45) is 9.78. The van der Waals surface area contributed by atoms with Crippen molar-refractivity contribution < 1.29 is 9.84 Å². The van der Waals surface area contributed by atoms with Crippen LogP contribution in [-0.2, 0) is 19.4 Å². The Kier molecular flexibility index (Phi) is 5.82. The molecule has 4 heteroatoms. The van der Waals surface area contributed by atoms with E-state index in [9.17, 15) is 5.11 Å². The van der Waals surface area contributed by atoms with E-state index >= 15 is 0 Å². The van der Waals surface area contributed by atoms with Crippen LogP contribution in [-0.4, -0.2) is 60.3 Å². The highest BCUT2D eigenvalue weighted by atomic mass is 16.5. The molecular formula is C22H34N2O2. The van der Waals surface area contributed by atoms with Crippen molar-refractivity contribution in [1.29, 1.82) is 0 Å². The van der Waals surface area contributed by atoms with Crippen LogP contribution >= 0.6 is 0 Å². The molecule has 3 aliphatic rings. The van der Waals surface area contributed by atoms with Gasteiger partial charge in [-0.3, -0.25) is 9.80 Å². The number of likely N-dealkylation sites (tertiary alicyclic amines) is 2. The second-order valence-corrected chi connectivity index (χ2v) is 8.39. The standard InChI is InChI=1S/C22H34N2O2/c1-26-22-14-18-8-6-7-17(18)13-19(22)15-23-12-9-20(21(25)16-23)24-10-4-2-3-5-11-24/h13-14,20-21,25H,2-12,15-16H2,1H3/t20-,21-/m1/s1. The molecule has 1 aromatic carbocycles. The zero-order chi connectivity index (χ0) is 17.9. The second-order valence-electron chi connectivity index (χ2n) is 8.39. The fourth-order valence-corrected chi connectivity index (χ4v) is 5.19. The summed E-state index contributed by atoms with van der Waals surface area (Å²) < 4.78 is 5.67. The number of ether oxygens (including phenoxy) is 1. The maximum atomic E-state index is 10.8. The smallest absolute Gasteiger partial charge is 0.123 e. The van der Waals surface area contributed by atoms with Gasteiger partial charge in [0.05, 0.1) is 13.2 Å². The van der Waals surface area contributed by atoms with Crippen LogP contribution < -0.4 is 4.74 Å². The lowest BCUT2D eigenvalue weighted by Gasteiger charge is -2.41. The summed E-state index contributed by atoms with van der Waals surface area (Å²) in [6.45, 7) is 5.07. The van der Waals surface area contributed by atoms with Gasteiger partial charge in [-0.25, -0.2) is 0 Å². The molecule has 2 atom stereocenters. The summed E-state index contributed by atoms with van der Waals surface area (Å²) in [5, 5.41) is 10.8. The molecule has 0 bridgehead atoms. The zero-order valence-electron chi connectivity index (χ0n) is 16.3. The van der Waals surface area contributed by atoms with Crippen molar-refractivity contribution in [3.05, 3.63) is 28.8 Å². The molecule has 1 aromatic rings. The number of piperidine rings is 1. The lowest BCUT2D eigenvalue weighted by Crippen LogP contribution is -2.54. The highest BCUT2D eigenvalue weighted by molar-refractivity contribution is 5.44. The van der Waals surface area contributed by atoms with Crippen LogP contribution in [0.25, 0.3) is 0 Å². The van der Waals surface area contributed by atoms with Gasteiger partial charge in [0.25, 0.3) is 0 Å². The van der Waals surface area contributed by atoms with Crippen molar-refractivity contribution >= 4 is 0 Å². The molecule has 2 fully saturated rings.